The molecule has 10 heteroatoms. The molecule has 3 aromatic rings. The molecule has 0 unspecified atom stereocenters. The van der Waals surface area contributed by atoms with Gasteiger partial charge in [-0.15, -0.1) is 0 Å². The number of rotatable bonds is 8. The molecule has 8 nitrogen and oxygen atoms in total. The molecule has 1 aromatic heterocycles. The lowest BCUT2D eigenvalue weighted by atomic mass is 10.2. The van der Waals surface area contributed by atoms with Crippen LogP contribution >= 0.6 is 38.5 Å². The fourth-order valence-corrected chi connectivity index (χ4v) is 4.02. The zero-order valence-corrected chi connectivity index (χ0v) is 20.6. The molecule has 1 heterocycles. The number of halogens is 2. The van der Waals surface area contributed by atoms with Gasteiger partial charge in [-0.1, -0.05) is 22.9 Å². The van der Waals surface area contributed by atoms with Crippen LogP contribution in [0.5, 0.6) is 11.5 Å². The molecule has 2 aromatic carbocycles. The molecule has 0 saturated heterocycles. The summed E-state index contributed by atoms with van der Waals surface area (Å²) in [5, 5.41) is 4.88. The zero-order chi connectivity index (χ0) is 22.5. The van der Waals surface area contributed by atoms with E-state index >= 15 is 0 Å². The molecule has 0 radical (unpaired) electrons. The van der Waals surface area contributed by atoms with Crippen molar-refractivity contribution in [3.63, 3.8) is 0 Å². The van der Waals surface area contributed by atoms with Gasteiger partial charge in [-0.05, 0) is 65.4 Å². The molecular formula is C21H20BrIN4O4. The van der Waals surface area contributed by atoms with Gasteiger partial charge in [-0.3, -0.25) is 9.59 Å². The minimum absolute atomic E-state index is 0.249. The number of aromatic nitrogens is 2. The number of fused-ring (bicyclic) bond motifs is 1. The molecule has 1 amide bonds. The first-order chi connectivity index (χ1) is 14.8. The first-order valence-corrected chi connectivity index (χ1v) is 11.3. The van der Waals surface area contributed by atoms with E-state index in [0.29, 0.717) is 46.8 Å². The summed E-state index contributed by atoms with van der Waals surface area (Å²) in [5.41, 5.74) is 6.25. The summed E-state index contributed by atoms with van der Waals surface area (Å²) in [7, 11) is 0. The first kappa shape index (κ1) is 23.2. The van der Waals surface area contributed by atoms with Crippen LogP contribution in [0.3, 0.4) is 0 Å². The lowest BCUT2D eigenvalue weighted by molar-refractivity contribution is -0.119. The molecule has 0 atom stereocenters. The Morgan fingerprint density at radius 2 is 2.06 bits per heavy atom. The molecule has 162 valence electrons. The van der Waals surface area contributed by atoms with Crippen molar-refractivity contribution in [2.45, 2.75) is 20.3 Å². The van der Waals surface area contributed by atoms with Crippen LogP contribution in [-0.2, 0) is 11.2 Å². The number of carbonyl (C=O) groups excluding carboxylic acids is 1. The predicted octanol–water partition coefficient (Wildman–Crippen LogP) is 3.47. The van der Waals surface area contributed by atoms with E-state index in [9.17, 15) is 9.59 Å². The summed E-state index contributed by atoms with van der Waals surface area (Å²) in [4.78, 5) is 28.7. The van der Waals surface area contributed by atoms with E-state index in [1.165, 1.54) is 4.68 Å². The summed E-state index contributed by atoms with van der Waals surface area (Å²) in [6.07, 6.45) is 2.11. The van der Waals surface area contributed by atoms with E-state index in [0.717, 1.165) is 8.04 Å². The van der Waals surface area contributed by atoms with Crippen LogP contribution in [0.25, 0.3) is 10.9 Å². The van der Waals surface area contributed by atoms with Crippen LogP contribution in [0.1, 0.15) is 25.2 Å². The van der Waals surface area contributed by atoms with Gasteiger partial charge >= 0.3 is 0 Å². The Morgan fingerprint density at radius 3 is 2.74 bits per heavy atom. The Labute approximate surface area is 200 Å². The van der Waals surface area contributed by atoms with Gasteiger partial charge in [-0.2, -0.15) is 9.78 Å². The molecule has 0 aliphatic rings. The summed E-state index contributed by atoms with van der Waals surface area (Å²) >= 11 is 5.47. The molecule has 2 N–H and O–H groups in total. The minimum atomic E-state index is -0.578. The van der Waals surface area contributed by atoms with E-state index in [2.05, 4.69) is 48.6 Å². The molecule has 0 saturated carbocycles. The van der Waals surface area contributed by atoms with E-state index in [-0.39, 0.29) is 12.2 Å². The summed E-state index contributed by atoms with van der Waals surface area (Å²) in [5.74, 6) is 0.866. The number of nitrogens with zero attached hydrogens (tertiary/aromatic N) is 3. The van der Waals surface area contributed by atoms with Gasteiger partial charge in [0.05, 0.1) is 27.3 Å². The number of amides is 1. The Bertz CT molecular complexity index is 1230. The second-order valence-corrected chi connectivity index (χ2v) is 8.50. The standard InChI is InChI=1S/C21H20BrIN4O4/c1-3-19-26-16-6-5-13(22)9-14(16)21(29)27(19)25-10-12-7-15(23)20(31-11-18(24)28)17(8-12)30-4-2/h5-10H,3-4,11H2,1-2H3,(H2,24,28). The third-order valence-corrected chi connectivity index (χ3v) is 5.50. The Hall–Kier alpha value is -2.47. The number of benzene rings is 2. The molecule has 31 heavy (non-hydrogen) atoms. The van der Waals surface area contributed by atoms with Gasteiger partial charge in [0, 0.05) is 10.9 Å². The lowest BCUT2D eigenvalue weighted by Gasteiger charge is -2.13. The largest absolute Gasteiger partial charge is 0.490 e. The number of carbonyl (C=O) groups is 1. The van der Waals surface area contributed by atoms with Gasteiger partial charge in [0.2, 0.25) is 0 Å². The van der Waals surface area contributed by atoms with Crippen molar-refractivity contribution in [1.29, 1.82) is 0 Å². The Balaban J connectivity index is 2.05. The Morgan fingerprint density at radius 1 is 1.29 bits per heavy atom. The van der Waals surface area contributed by atoms with Crippen molar-refractivity contribution in [3.8, 4) is 11.5 Å². The highest BCUT2D eigenvalue weighted by Crippen LogP contribution is 2.34. The highest BCUT2D eigenvalue weighted by Gasteiger charge is 2.14. The maximum atomic E-state index is 13.0. The minimum Gasteiger partial charge on any atom is -0.490 e. The van der Waals surface area contributed by atoms with Gasteiger partial charge in [-0.25, -0.2) is 4.98 Å². The number of ether oxygens (including phenoxy) is 2. The van der Waals surface area contributed by atoms with E-state index < -0.39 is 5.91 Å². The quantitative estimate of drug-likeness (QED) is 0.315. The monoisotopic (exact) mass is 598 g/mol. The molecule has 0 bridgehead atoms. The van der Waals surface area contributed by atoms with Crippen molar-refractivity contribution in [1.82, 2.24) is 9.66 Å². The number of nitrogens with two attached hydrogens (primary N) is 1. The first-order valence-electron chi connectivity index (χ1n) is 9.47. The van der Waals surface area contributed by atoms with Crippen LogP contribution < -0.4 is 20.8 Å². The molecule has 0 fully saturated rings. The average Bonchev–Trinajstić information content (AvgIpc) is 2.72. The van der Waals surface area contributed by atoms with Crippen LogP contribution in [0.2, 0.25) is 0 Å². The second-order valence-electron chi connectivity index (χ2n) is 6.42. The molecule has 0 spiro atoms. The average molecular weight is 599 g/mol. The number of hydrogen-bond donors (Lipinski definition) is 1. The summed E-state index contributed by atoms with van der Waals surface area (Å²) in [6, 6.07) is 8.92. The van der Waals surface area contributed by atoms with Crippen molar-refractivity contribution in [2.75, 3.05) is 13.2 Å². The van der Waals surface area contributed by atoms with Crippen molar-refractivity contribution < 1.29 is 14.3 Å². The van der Waals surface area contributed by atoms with E-state index in [4.69, 9.17) is 15.2 Å². The summed E-state index contributed by atoms with van der Waals surface area (Å²) in [6.45, 7) is 3.92. The third kappa shape index (κ3) is 5.42. The fourth-order valence-electron chi connectivity index (χ4n) is 2.88. The molecule has 3 rings (SSSR count). The van der Waals surface area contributed by atoms with Crippen molar-refractivity contribution >= 4 is 61.5 Å². The number of aryl methyl sites for hydroxylation is 1. The highest BCUT2D eigenvalue weighted by atomic mass is 127. The fraction of sp³-hybridized carbons (Fsp3) is 0.238. The van der Waals surface area contributed by atoms with Gasteiger partial charge in [0.25, 0.3) is 11.5 Å². The number of primary amides is 1. The predicted molar refractivity (Wildman–Crippen MR) is 131 cm³/mol. The highest BCUT2D eigenvalue weighted by molar-refractivity contribution is 14.1. The number of hydrogen-bond acceptors (Lipinski definition) is 6. The van der Waals surface area contributed by atoms with E-state index in [1.54, 1.807) is 24.4 Å². The van der Waals surface area contributed by atoms with Crippen molar-refractivity contribution in [2.24, 2.45) is 10.8 Å². The van der Waals surface area contributed by atoms with Crippen LogP contribution in [-0.4, -0.2) is 35.0 Å². The second kappa shape index (κ2) is 10.2. The van der Waals surface area contributed by atoms with Crippen LogP contribution in [0, 0.1) is 3.57 Å². The van der Waals surface area contributed by atoms with Gasteiger partial charge in [0.1, 0.15) is 5.82 Å². The molecular weight excluding hydrogens is 579 g/mol. The summed E-state index contributed by atoms with van der Waals surface area (Å²) < 4.78 is 14.0. The van der Waals surface area contributed by atoms with Crippen LogP contribution in [0.15, 0.2) is 44.7 Å². The Kier molecular flexibility index (Phi) is 7.65. The topological polar surface area (TPSA) is 109 Å². The SMILES string of the molecule is CCOc1cc(C=Nn2c(CC)nc3ccc(Br)cc3c2=O)cc(I)c1OCC(N)=O. The lowest BCUT2D eigenvalue weighted by Crippen LogP contribution is -2.22. The molecule has 0 aliphatic heterocycles. The molecule has 0 aliphatic carbocycles. The van der Waals surface area contributed by atoms with Crippen molar-refractivity contribution in [3.05, 3.63) is 60.1 Å². The maximum absolute atomic E-state index is 13.0. The smallest absolute Gasteiger partial charge is 0.282 e. The normalized spacial score (nSPS) is 11.2. The zero-order valence-electron chi connectivity index (χ0n) is 16.9. The van der Waals surface area contributed by atoms with Gasteiger partial charge in [0.15, 0.2) is 18.1 Å². The third-order valence-electron chi connectivity index (χ3n) is 4.20. The maximum Gasteiger partial charge on any atom is 0.282 e. The van der Waals surface area contributed by atoms with Gasteiger partial charge < -0.3 is 15.2 Å². The van der Waals surface area contributed by atoms with Crippen LogP contribution in [0.4, 0.5) is 0 Å². The van der Waals surface area contributed by atoms with E-state index in [1.807, 2.05) is 26.0 Å².